The number of halogens is 6. The Bertz CT molecular complexity index is 1800. The summed E-state index contributed by atoms with van der Waals surface area (Å²) < 4.78 is 55.6. The lowest BCUT2D eigenvalue weighted by Crippen LogP contribution is -2.60. The number of alkyl carbamates (subject to hydrolysis) is 1. The number of hydrogen-bond donors (Lipinski definition) is 3. The Morgan fingerprint density at radius 3 is 2.25 bits per heavy atom. The van der Waals surface area contributed by atoms with Gasteiger partial charge in [-0.2, -0.15) is 13.2 Å². The van der Waals surface area contributed by atoms with Crippen LogP contribution in [0.25, 0.3) is 17.0 Å². The highest BCUT2D eigenvalue weighted by molar-refractivity contribution is 6.67. The Hall–Kier alpha value is -3.86. The van der Waals surface area contributed by atoms with Crippen LogP contribution >= 0.6 is 34.8 Å². The van der Waals surface area contributed by atoms with E-state index in [0.717, 1.165) is 10.4 Å². The number of nitrogens with zero attached hydrogens (tertiary/aromatic N) is 2. The third-order valence-corrected chi connectivity index (χ3v) is 8.77. The summed E-state index contributed by atoms with van der Waals surface area (Å²) in [5, 5.41) is 6.77. The average Bonchev–Trinajstić information content (AvgIpc) is 3.09. The van der Waals surface area contributed by atoms with E-state index in [1.165, 1.54) is 26.8 Å². The van der Waals surface area contributed by atoms with Crippen molar-refractivity contribution in [3.05, 3.63) is 47.7 Å². The molecule has 13 nitrogen and oxygen atoms in total. The van der Waals surface area contributed by atoms with E-state index in [-0.39, 0.29) is 13.0 Å². The molecule has 0 spiro atoms. The highest BCUT2D eigenvalue weighted by Crippen LogP contribution is 2.32. The molecule has 0 bridgehead atoms. The van der Waals surface area contributed by atoms with Crippen molar-refractivity contribution in [3.8, 4) is 0 Å². The van der Waals surface area contributed by atoms with Gasteiger partial charge in [0, 0.05) is 11.9 Å². The van der Waals surface area contributed by atoms with Crippen molar-refractivity contribution in [3.63, 3.8) is 0 Å². The number of ether oxygens (including phenoxy) is 3. The van der Waals surface area contributed by atoms with Crippen LogP contribution in [0.1, 0.15) is 85.5 Å². The summed E-state index contributed by atoms with van der Waals surface area (Å²) in [6.45, 7) is 11.3. The van der Waals surface area contributed by atoms with Crippen molar-refractivity contribution in [2.24, 2.45) is 11.3 Å². The van der Waals surface area contributed by atoms with Gasteiger partial charge in [-0.05, 0) is 85.9 Å². The summed E-state index contributed by atoms with van der Waals surface area (Å²) in [4.78, 5) is 69.2. The lowest BCUT2D eigenvalue weighted by Gasteiger charge is -2.35. The van der Waals surface area contributed by atoms with Gasteiger partial charge in [-0.1, -0.05) is 65.2 Å². The van der Waals surface area contributed by atoms with Crippen molar-refractivity contribution in [2.45, 2.75) is 108 Å². The molecule has 1 aliphatic rings. The molecule has 3 N–H and O–H groups in total. The van der Waals surface area contributed by atoms with Crippen molar-refractivity contribution in [2.75, 3.05) is 13.2 Å². The first-order valence-electron chi connectivity index (χ1n) is 17.7. The van der Waals surface area contributed by atoms with E-state index >= 15 is 0 Å². The predicted molar refractivity (Wildman–Crippen MR) is 204 cm³/mol. The zero-order valence-corrected chi connectivity index (χ0v) is 34.5. The number of carbonyl (C=O) groups is 5. The van der Waals surface area contributed by atoms with Gasteiger partial charge in [0.25, 0.3) is 11.8 Å². The predicted octanol–water partition coefficient (Wildman–Crippen LogP) is 6.88. The molecule has 310 valence electrons. The molecule has 56 heavy (non-hydrogen) atoms. The number of pyridine rings is 1. The van der Waals surface area contributed by atoms with E-state index in [9.17, 15) is 37.1 Å². The Balaban J connectivity index is 1.72. The number of amides is 3. The molecule has 0 aliphatic carbocycles. The first kappa shape index (κ1) is 46.5. The van der Waals surface area contributed by atoms with E-state index in [2.05, 4.69) is 21.0 Å². The molecular formula is C37H47Cl3F3N5O8. The molecule has 19 heteroatoms. The maximum Gasteiger partial charge on any atom is 0.408 e. The number of carbonyl (C=O) groups excluding carboxylic acids is 5. The van der Waals surface area contributed by atoms with Crippen molar-refractivity contribution in [1.82, 2.24) is 26.1 Å². The van der Waals surface area contributed by atoms with Crippen LogP contribution in [0, 0.1) is 11.3 Å². The molecule has 2 aromatic rings. The van der Waals surface area contributed by atoms with Gasteiger partial charge < -0.3 is 24.8 Å². The second kappa shape index (κ2) is 18.6. The lowest BCUT2D eigenvalue weighted by molar-refractivity contribution is -0.207. The SMILES string of the molecule is CC(C(OC(=O)C(C)(C)/C=C/c1ccc2ccc([C@@H](C)NC(=O)OC(C)(C)C)nc2c1)C(=O)N[C@@H](C)C(=O)N1CCC[C@@H](C(=O)OCC(Cl)(Cl)Cl)N1)C(F)(F)F. The van der Waals surface area contributed by atoms with Crippen LogP contribution in [-0.2, 0) is 33.4 Å². The van der Waals surface area contributed by atoms with Crippen LogP contribution in [0.15, 0.2) is 36.4 Å². The number of esters is 2. The molecule has 1 saturated heterocycles. The Kier molecular flexibility index (Phi) is 15.5. The van der Waals surface area contributed by atoms with Crippen LogP contribution in [0.2, 0.25) is 0 Å². The van der Waals surface area contributed by atoms with Crippen molar-refractivity contribution in [1.29, 1.82) is 0 Å². The normalized spacial score (nSPS) is 17.8. The standard InChI is InChI=1S/C37H47Cl3F3N5O8/c1-20(37(41,42)43)28(29(49)44-22(3)30(50)48-17-9-10-26(47-48)31(51)54-19-36(38,39)40)55-32(52)35(7,8)16-15-23-11-12-24-13-14-25(46-27(24)18-23)21(2)45-33(53)56-34(4,5)6/h11-16,18,20-22,26,28,47H,9-10,17,19H2,1-8H3,(H,44,49)(H,45,53)/b16-15+/t20?,21-,22+,26+,28?/m1/s1. The highest BCUT2D eigenvalue weighted by atomic mass is 35.6. The van der Waals surface area contributed by atoms with Gasteiger partial charge in [0.2, 0.25) is 3.79 Å². The number of hydrogen-bond acceptors (Lipinski definition) is 10. The van der Waals surface area contributed by atoms with E-state index < -0.39 is 87.6 Å². The molecule has 2 heterocycles. The second-order valence-corrected chi connectivity index (χ2v) is 17.6. The fourth-order valence-electron chi connectivity index (χ4n) is 5.21. The van der Waals surface area contributed by atoms with Gasteiger partial charge in [0.1, 0.15) is 24.3 Å². The van der Waals surface area contributed by atoms with Gasteiger partial charge in [0.15, 0.2) is 6.10 Å². The van der Waals surface area contributed by atoms with E-state index in [1.807, 2.05) is 6.07 Å². The number of aromatic nitrogens is 1. The Morgan fingerprint density at radius 1 is 1.00 bits per heavy atom. The second-order valence-electron chi connectivity index (χ2n) is 15.0. The molecule has 0 radical (unpaired) electrons. The van der Waals surface area contributed by atoms with Gasteiger partial charge in [-0.15, -0.1) is 0 Å². The molecule has 0 saturated carbocycles. The smallest absolute Gasteiger partial charge is 0.408 e. The molecule has 5 atom stereocenters. The number of nitrogens with one attached hydrogen (secondary N) is 3. The summed E-state index contributed by atoms with van der Waals surface area (Å²) in [5.41, 5.74) is 2.17. The maximum absolute atomic E-state index is 14.0. The molecular weight excluding hydrogens is 806 g/mol. The monoisotopic (exact) mass is 851 g/mol. The average molecular weight is 853 g/mol. The van der Waals surface area contributed by atoms with Gasteiger partial charge in [-0.3, -0.25) is 29.2 Å². The summed E-state index contributed by atoms with van der Waals surface area (Å²) in [6.07, 6.45) is -4.33. The summed E-state index contributed by atoms with van der Waals surface area (Å²) >= 11 is 16.9. The molecule has 1 aromatic heterocycles. The minimum absolute atomic E-state index is 0.101. The summed E-state index contributed by atoms with van der Waals surface area (Å²) in [7, 11) is 0. The quantitative estimate of drug-likeness (QED) is 0.116. The largest absolute Gasteiger partial charge is 0.460 e. The lowest BCUT2D eigenvalue weighted by atomic mass is 9.91. The number of hydrazine groups is 1. The van der Waals surface area contributed by atoms with Crippen molar-refractivity contribution >= 4 is 81.6 Å². The first-order chi connectivity index (χ1) is 25.7. The van der Waals surface area contributed by atoms with Crippen LogP contribution in [0.3, 0.4) is 0 Å². The Morgan fingerprint density at radius 2 is 1.64 bits per heavy atom. The number of rotatable bonds is 12. The highest BCUT2D eigenvalue weighted by Gasteiger charge is 2.48. The zero-order valence-electron chi connectivity index (χ0n) is 32.2. The van der Waals surface area contributed by atoms with Crippen LogP contribution in [0.5, 0.6) is 0 Å². The van der Waals surface area contributed by atoms with Gasteiger partial charge in [-0.25, -0.2) is 10.2 Å². The zero-order chi connectivity index (χ0) is 42.4. The van der Waals surface area contributed by atoms with Gasteiger partial charge in [0.05, 0.1) is 28.6 Å². The third kappa shape index (κ3) is 14.0. The molecule has 2 unspecified atom stereocenters. The van der Waals surface area contributed by atoms with E-state index in [4.69, 9.17) is 49.0 Å². The fraction of sp³-hybridized carbons (Fsp3) is 0.568. The van der Waals surface area contributed by atoms with E-state index in [1.54, 1.807) is 58.0 Å². The maximum atomic E-state index is 14.0. The fourth-order valence-corrected chi connectivity index (χ4v) is 5.37. The third-order valence-electron chi connectivity index (χ3n) is 8.44. The van der Waals surface area contributed by atoms with Crippen LogP contribution in [0.4, 0.5) is 18.0 Å². The molecule has 3 amide bonds. The minimum atomic E-state index is -4.96. The van der Waals surface area contributed by atoms with Crippen LogP contribution in [-0.4, -0.2) is 86.7 Å². The topological polar surface area (TPSA) is 165 Å². The minimum Gasteiger partial charge on any atom is -0.460 e. The van der Waals surface area contributed by atoms with Crippen LogP contribution < -0.4 is 16.1 Å². The van der Waals surface area contributed by atoms with Crippen molar-refractivity contribution < 1.29 is 51.4 Å². The Labute approximate surface area is 338 Å². The first-order valence-corrected chi connectivity index (χ1v) is 18.8. The molecule has 1 aromatic carbocycles. The van der Waals surface area contributed by atoms with Gasteiger partial charge >= 0.3 is 24.2 Å². The summed E-state index contributed by atoms with van der Waals surface area (Å²) in [6, 6.07) is 5.96. The van der Waals surface area contributed by atoms with E-state index in [0.29, 0.717) is 30.1 Å². The number of alkyl halides is 6. The number of benzene rings is 1. The molecule has 1 aliphatic heterocycles. The molecule has 3 rings (SSSR count). The molecule has 1 fully saturated rings. The summed E-state index contributed by atoms with van der Waals surface area (Å²) in [5.74, 6) is -6.53. The number of fused-ring (bicyclic) bond motifs is 1.